The molecule has 0 fully saturated rings. The SMILES string of the molecule is CC(CNC(=O)c1cscn1)c1nccs1. The highest BCUT2D eigenvalue weighted by atomic mass is 32.1. The van der Waals surface area contributed by atoms with Crippen molar-refractivity contribution in [3.63, 3.8) is 0 Å². The zero-order valence-corrected chi connectivity index (χ0v) is 10.3. The second-order valence-electron chi connectivity index (χ2n) is 3.36. The molecule has 0 aliphatic rings. The highest BCUT2D eigenvalue weighted by molar-refractivity contribution is 7.09. The number of amides is 1. The van der Waals surface area contributed by atoms with Gasteiger partial charge in [-0.1, -0.05) is 6.92 Å². The molecule has 16 heavy (non-hydrogen) atoms. The summed E-state index contributed by atoms with van der Waals surface area (Å²) in [4.78, 5) is 19.8. The van der Waals surface area contributed by atoms with Gasteiger partial charge in [-0.2, -0.15) is 0 Å². The van der Waals surface area contributed by atoms with Gasteiger partial charge in [-0.3, -0.25) is 4.79 Å². The van der Waals surface area contributed by atoms with Crippen molar-refractivity contribution in [3.05, 3.63) is 33.2 Å². The predicted molar refractivity (Wildman–Crippen MR) is 65.0 cm³/mol. The van der Waals surface area contributed by atoms with Crippen LogP contribution in [0.2, 0.25) is 0 Å². The summed E-state index contributed by atoms with van der Waals surface area (Å²) in [5.41, 5.74) is 2.13. The molecule has 0 spiro atoms. The number of hydrogen-bond donors (Lipinski definition) is 1. The van der Waals surface area contributed by atoms with Crippen LogP contribution in [0, 0.1) is 0 Å². The van der Waals surface area contributed by atoms with Crippen LogP contribution in [0.5, 0.6) is 0 Å². The molecule has 6 heteroatoms. The van der Waals surface area contributed by atoms with E-state index in [4.69, 9.17) is 0 Å². The van der Waals surface area contributed by atoms with Crippen LogP contribution in [0.1, 0.15) is 28.3 Å². The highest BCUT2D eigenvalue weighted by Crippen LogP contribution is 2.16. The van der Waals surface area contributed by atoms with Crippen molar-refractivity contribution in [3.8, 4) is 0 Å². The van der Waals surface area contributed by atoms with Gasteiger partial charge in [0.1, 0.15) is 5.69 Å². The quantitative estimate of drug-likeness (QED) is 0.908. The maximum Gasteiger partial charge on any atom is 0.270 e. The number of carbonyl (C=O) groups is 1. The Hall–Kier alpha value is -1.27. The van der Waals surface area contributed by atoms with Crippen molar-refractivity contribution in [1.29, 1.82) is 0 Å². The van der Waals surface area contributed by atoms with E-state index in [1.165, 1.54) is 11.3 Å². The Morgan fingerprint density at radius 3 is 3.06 bits per heavy atom. The molecule has 1 N–H and O–H groups in total. The van der Waals surface area contributed by atoms with Crippen molar-refractivity contribution in [2.45, 2.75) is 12.8 Å². The zero-order chi connectivity index (χ0) is 11.4. The number of thiazole rings is 2. The van der Waals surface area contributed by atoms with Gasteiger partial charge in [0, 0.05) is 29.4 Å². The van der Waals surface area contributed by atoms with Crippen molar-refractivity contribution < 1.29 is 4.79 Å². The first-order valence-electron chi connectivity index (χ1n) is 4.83. The Bertz CT molecular complexity index is 439. The number of hydrogen-bond acceptors (Lipinski definition) is 5. The molecular formula is C10H11N3OS2. The molecule has 84 valence electrons. The van der Waals surface area contributed by atoms with E-state index in [9.17, 15) is 4.79 Å². The van der Waals surface area contributed by atoms with Gasteiger partial charge < -0.3 is 5.32 Å². The number of aromatic nitrogens is 2. The molecule has 1 atom stereocenters. The molecule has 2 heterocycles. The fourth-order valence-electron chi connectivity index (χ4n) is 1.23. The predicted octanol–water partition coefficient (Wildman–Crippen LogP) is 2.13. The largest absolute Gasteiger partial charge is 0.350 e. The van der Waals surface area contributed by atoms with E-state index in [0.29, 0.717) is 12.2 Å². The molecule has 0 saturated heterocycles. The molecule has 0 aliphatic carbocycles. The zero-order valence-electron chi connectivity index (χ0n) is 8.71. The molecule has 2 rings (SSSR count). The van der Waals surface area contributed by atoms with Crippen molar-refractivity contribution in [2.24, 2.45) is 0 Å². The summed E-state index contributed by atoms with van der Waals surface area (Å²) in [7, 11) is 0. The van der Waals surface area contributed by atoms with Gasteiger partial charge >= 0.3 is 0 Å². The van der Waals surface area contributed by atoms with E-state index in [1.54, 1.807) is 28.4 Å². The summed E-state index contributed by atoms with van der Waals surface area (Å²) < 4.78 is 0. The van der Waals surface area contributed by atoms with E-state index in [-0.39, 0.29) is 11.8 Å². The summed E-state index contributed by atoms with van der Waals surface area (Å²) in [6.07, 6.45) is 1.78. The van der Waals surface area contributed by atoms with Gasteiger partial charge in [-0.25, -0.2) is 9.97 Å². The van der Waals surface area contributed by atoms with Crippen molar-refractivity contribution in [1.82, 2.24) is 15.3 Å². The topological polar surface area (TPSA) is 54.9 Å². The molecule has 4 nitrogen and oxygen atoms in total. The molecule has 0 saturated carbocycles. The van der Waals surface area contributed by atoms with Gasteiger partial charge in [0.25, 0.3) is 5.91 Å². The second kappa shape index (κ2) is 5.18. The first-order chi connectivity index (χ1) is 7.77. The van der Waals surface area contributed by atoms with Gasteiger partial charge in [0.05, 0.1) is 10.5 Å². The minimum Gasteiger partial charge on any atom is -0.350 e. The number of rotatable bonds is 4. The molecule has 2 aromatic heterocycles. The highest BCUT2D eigenvalue weighted by Gasteiger charge is 2.11. The first kappa shape index (κ1) is 11.2. The lowest BCUT2D eigenvalue weighted by atomic mass is 10.2. The summed E-state index contributed by atoms with van der Waals surface area (Å²) >= 11 is 3.02. The van der Waals surface area contributed by atoms with E-state index >= 15 is 0 Å². The molecule has 2 aromatic rings. The average molecular weight is 253 g/mol. The molecule has 0 aromatic carbocycles. The molecular weight excluding hydrogens is 242 g/mol. The maximum absolute atomic E-state index is 11.6. The van der Waals surface area contributed by atoms with E-state index in [2.05, 4.69) is 15.3 Å². The van der Waals surface area contributed by atoms with Crippen LogP contribution in [-0.2, 0) is 0 Å². The Labute approximate surface area is 101 Å². The third-order valence-corrected chi connectivity index (χ3v) is 3.70. The lowest BCUT2D eigenvalue weighted by Crippen LogP contribution is -2.27. The minimum absolute atomic E-state index is 0.121. The first-order valence-corrected chi connectivity index (χ1v) is 6.65. The molecule has 0 aliphatic heterocycles. The van der Waals surface area contributed by atoms with Crippen LogP contribution in [-0.4, -0.2) is 22.4 Å². The van der Waals surface area contributed by atoms with Crippen LogP contribution in [0.4, 0.5) is 0 Å². The average Bonchev–Trinajstić information content (AvgIpc) is 2.95. The number of carbonyl (C=O) groups excluding carboxylic acids is 1. The van der Waals surface area contributed by atoms with E-state index < -0.39 is 0 Å². The molecule has 0 bridgehead atoms. The number of nitrogens with zero attached hydrogens (tertiary/aromatic N) is 2. The van der Waals surface area contributed by atoms with E-state index in [0.717, 1.165) is 5.01 Å². The fourth-order valence-corrected chi connectivity index (χ4v) is 2.46. The molecule has 0 radical (unpaired) electrons. The van der Waals surface area contributed by atoms with Crippen molar-refractivity contribution in [2.75, 3.05) is 6.54 Å². The van der Waals surface area contributed by atoms with Gasteiger partial charge in [0.15, 0.2) is 0 Å². The Balaban J connectivity index is 1.86. The smallest absolute Gasteiger partial charge is 0.270 e. The Morgan fingerprint density at radius 2 is 2.44 bits per heavy atom. The Kier molecular flexibility index (Phi) is 3.63. The lowest BCUT2D eigenvalue weighted by molar-refractivity contribution is 0.0947. The monoisotopic (exact) mass is 253 g/mol. The second-order valence-corrected chi connectivity index (χ2v) is 5.00. The lowest BCUT2D eigenvalue weighted by Gasteiger charge is -2.08. The van der Waals surface area contributed by atoms with Crippen LogP contribution < -0.4 is 5.32 Å². The van der Waals surface area contributed by atoms with Gasteiger partial charge in [0.2, 0.25) is 0 Å². The summed E-state index contributed by atoms with van der Waals surface area (Å²) in [5, 5.41) is 7.56. The van der Waals surface area contributed by atoms with Crippen LogP contribution in [0.15, 0.2) is 22.5 Å². The summed E-state index contributed by atoms with van der Waals surface area (Å²) in [6.45, 7) is 2.63. The maximum atomic E-state index is 11.6. The van der Waals surface area contributed by atoms with Gasteiger partial charge in [-0.15, -0.1) is 22.7 Å². The minimum atomic E-state index is -0.121. The fraction of sp³-hybridized carbons (Fsp3) is 0.300. The van der Waals surface area contributed by atoms with Crippen LogP contribution >= 0.6 is 22.7 Å². The summed E-state index contributed by atoms with van der Waals surface area (Å²) in [5.74, 6) is 0.118. The van der Waals surface area contributed by atoms with Crippen LogP contribution in [0.25, 0.3) is 0 Å². The van der Waals surface area contributed by atoms with Crippen molar-refractivity contribution >= 4 is 28.6 Å². The standard InChI is InChI=1S/C10H11N3OS2/c1-7(10-11-2-3-16-10)4-12-9(14)8-5-15-6-13-8/h2-3,5-7H,4H2,1H3,(H,12,14). The van der Waals surface area contributed by atoms with Crippen LogP contribution in [0.3, 0.4) is 0 Å². The third-order valence-electron chi connectivity index (χ3n) is 2.11. The normalized spacial score (nSPS) is 12.3. The Morgan fingerprint density at radius 1 is 1.56 bits per heavy atom. The van der Waals surface area contributed by atoms with E-state index in [1.807, 2.05) is 12.3 Å². The molecule has 1 unspecified atom stereocenters. The molecule has 1 amide bonds. The third kappa shape index (κ3) is 2.65. The van der Waals surface area contributed by atoms with Gasteiger partial charge in [-0.05, 0) is 0 Å². The summed E-state index contributed by atoms with van der Waals surface area (Å²) in [6, 6.07) is 0. The number of nitrogens with one attached hydrogen (secondary N) is 1.